The number of allylic oxidation sites excluding steroid dienone is 4. The van der Waals surface area contributed by atoms with Gasteiger partial charge in [0.2, 0.25) is 0 Å². The Morgan fingerprint density at radius 2 is 1.74 bits per heavy atom. The Morgan fingerprint density at radius 3 is 2.26 bits per heavy atom. The Labute approximate surface area is 187 Å². The number of esters is 1. The zero-order valence-corrected chi connectivity index (χ0v) is 20.3. The minimum absolute atomic E-state index is 0.106. The van der Waals surface area contributed by atoms with Crippen molar-refractivity contribution in [2.45, 2.75) is 79.4 Å². The number of hydrogen-bond donors (Lipinski definition) is 2. The van der Waals surface area contributed by atoms with Gasteiger partial charge in [-0.05, 0) is 66.9 Å². The zero-order valence-electron chi connectivity index (χ0n) is 20.3. The maximum atomic E-state index is 12.3. The first kappa shape index (κ1) is 26.6. The maximum Gasteiger partial charge on any atom is 0.410 e. The van der Waals surface area contributed by atoms with Crippen LogP contribution in [0.15, 0.2) is 35.2 Å². The molecule has 1 rings (SSSR count). The summed E-state index contributed by atoms with van der Waals surface area (Å²) in [5, 5.41) is 6.78. The van der Waals surface area contributed by atoms with Crippen LogP contribution >= 0.6 is 0 Å². The minimum atomic E-state index is -0.487. The van der Waals surface area contributed by atoms with Gasteiger partial charge in [0.15, 0.2) is 0 Å². The summed E-state index contributed by atoms with van der Waals surface area (Å²) in [6.45, 7) is 15.3. The van der Waals surface area contributed by atoms with Crippen LogP contribution in [0, 0.1) is 0 Å². The fourth-order valence-corrected chi connectivity index (χ4v) is 3.04. The van der Waals surface area contributed by atoms with E-state index in [0.29, 0.717) is 19.7 Å². The SMILES string of the molecule is C\C=C(NC1CCN(C(=O)OC(C)(C)C)CC1)/C(=C\C=C(/C)CC)NCC(=O)OCC. The normalized spacial score (nSPS) is 16.7. The lowest BCUT2D eigenvalue weighted by Crippen LogP contribution is -2.46. The molecule has 0 unspecified atom stereocenters. The van der Waals surface area contributed by atoms with Crippen LogP contribution in [0.1, 0.15) is 67.7 Å². The highest BCUT2D eigenvalue weighted by Crippen LogP contribution is 2.17. The quantitative estimate of drug-likeness (QED) is 0.416. The van der Waals surface area contributed by atoms with Crippen molar-refractivity contribution in [3.05, 3.63) is 35.2 Å². The molecule has 7 nitrogen and oxygen atoms in total. The monoisotopic (exact) mass is 435 g/mol. The smallest absolute Gasteiger partial charge is 0.410 e. The minimum Gasteiger partial charge on any atom is -0.465 e. The fraction of sp³-hybridized carbons (Fsp3) is 0.667. The van der Waals surface area contributed by atoms with Crippen LogP contribution < -0.4 is 10.6 Å². The van der Waals surface area contributed by atoms with E-state index in [9.17, 15) is 9.59 Å². The molecule has 1 amide bonds. The van der Waals surface area contributed by atoms with Gasteiger partial charge in [-0.3, -0.25) is 4.79 Å². The van der Waals surface area contributed by atoms with E-state index in [0.717, 1.165) is 30.7 Å². The van der Waals surface area contributed by atoms with Gasteiger partial charge in [-0.1, -0.05) is 24.6 Å². The van der Waals surface area contributed by atoms with Gasteiger partial charge in [-0.2, -0.15) is 0 Å². The highest BCUT2D eigenvalue weighted by Gasteiger charge is 2.27. The molecule has 0 aromatic rings. The van der Waals surface area contributed by atoms with Crippen LogP contribution in [0.2, 0.25) is 0 Å². The number of carbonyl (C=O) groups excluding carboxylic acids is 2. The first-order valence-corrected chi connectivity index (χ1v) is 11.3. The number of piperidine rings is 1. The van der Waals surface area contributed by atoms with Crippen molar-refractivity contribution in [1.29, 1.82) is 0 Å². The zero-order chi connectivity index (χ0) is 23.4. The van der Waals surface area contributed by atoms with Crippen molar-refractivity contribution in [3.8, 4) is 0 Å². The van der Waals surface area contributed by atoms with Crippen molar-refractivity contribution in [2.24, 2.45) is 0 Å². The molecular formula is C24H41N3O4. The Bertz CT molecular complexity index is 681. The number of rotatable bonds is 9. The topological polar surface area (TPSA) is 79.9 Å². The second kappa shape index (κ2) is 13.1. The Morgan fingerprint density at radius 1 is 1.10 bits per heavy atom. The lowest BCUT2D eigenvalue weighted by atomic mass is 10.0. The first-order valence-electron chi connectivity index (χ1n) is 11.3. The lowest BCUT2D eigenvalue weighted by molar-refractivity contribution is -0.141. The van der Waals surface area contributed by atoms with Gasteiger partial charge in [0.25, 0.3) is 0 Å². The molecule has 0 bridgehead atoms. The van der Waals surface area contributed by atoms with Crippen LogP contribution in [0.25, 0.3) is 0 Å². The van der Waals surface area contributed by atoms with Gasteiger partial charge in [0, 0.05) is 19.1 Å². The number of hydrogen-bond acceptors (Lipinski definition) is 6. The molecule has 1 aliphatic heterocycles. The number of amides is 1. The summed E-state index contributed by atoms with van der Waals surface area (Å²) in [7, 11) is 0. The fourth-order valence-electron chi connectivity index (χ4n) is 3.04. The van der Waals surface area contributed by atoms with Gasteiger partial charge < -0.3 is 25.0 Å². The molecule has 0 saturated carbocycles. The van der Waals surface area contributed by atoms with E-state index >= 15 is 0 Å². The van der Waals surface area contributed by atoms with E-state index in [1.165, 1.54) is 5.57 Å². The predicted octanol–water partition coefficient (Wildman–Crippen LogP) is 4.27. The van der Waals surface area contributed by atoms with Crippen molar-refractivity contribution in [2.75, 3.05) is 26.2 Å². The Kier molecular flexibility index (Phi) is 11.2. The first-order chi connectivity index (χ1) is 14.6. The van der Waals surface area contributed by atoms with Gasteiger partial charge in [0.05, 0.1) is 18.0 Å². The van der Waals surface area contributed by atoms with Crippen molar-refractivity contribution in [3.63, 3.8) is 0 Å². The van der Waals surface area contributed by atoms with E-state index in [4.69, 9.17) is 9.47 Å². The lowest BCUT2D eigenvalue weighted by Gasteiger charge is -2.34. The van der Waals surface area contributed by atoms with Crippen molar-refractivity contribution < 1.29 is 19.1 Å². The summed E-state index contributed by atoms with van der Waals surface area (Å²) in [5.41, 5.74) is 2.54. The molecule has 1 aliphatic rings. The predicted molar refractivity (Wildman–Crippen MR) is 124 cm³/mol. The average molecular weight is 436 g/mol. The highest BCUT2D eigenvalue weighted by atomic mass is 16.6. The third-order valence-corrected chi connectivity index (χ3v) is 4.91. The molecule has 0 atom stereocenters. The maximum absolute atomic E-state index is 12.3. The Balaban J connectivity index is 2.77. The number of ether oxygens (including phenoxy) is 2. The summed E-state index contributed by atoms with van der Waals surface area (Å²) >= 11 is 0. The molecule has 31 heavy (non-hydrogen) atoms. The van der Waals surface area contributed by atoms with Crippen molar-refractivity contribution >= 4 is 12.1 Å². The van der Waals surface area contributed by atoms with Gasteiger partial charge in [0.1, 0.15) is 12.1 Å². The Hall–Kier alpha value is -2.44. The summed E-state index contributed by atoms with van der Waals surface area (Å²) in [6, 6.07) is 0.230. The number of nitrogens with zero attached hydrogens (tertiary/aromatic N) is 1. The molecule has 1 fully saturated rings. The highest BCUT2D eigenvalue weighted by molar-refractivity contribution is 5.72. The summed E-state index contributed by atoms with van der Waals surface area (Å²) in [5.74, 6) is -0.286. The van der Waals surface area contributed by atoms with Gasteiger partial charge in [-0.25, -0.2) is 4.79 Å². The molecule has 0 aromatic carbocycles. The van der Waals surface area contributed by atoms with Crippen LogP contribution in [-0.2, 0) is 14.3 Å². The molecule has 0 spiro atoms. The van der Waals surface area contributed by atoms with E-state index < -0.39 is 5.60 Å². The van der Waals surface area contributed by atoms with E-state index in [1.807, 2.05) is 39.8 Å². The standard InChI is InChI=1S/C24H41N3O4/c1-8-18(4)11-12-21(25-17-22(28)30-10-3)20(9-2)26-19-13-15-27(16-14-19)23(29)31-24(5,6)7/h9,11-12,19,25-26H,8,10,13-17H2,1-7H3/b18-11+,20-9+,21-12+. The summed E-state index contributed by atoms with van der Waals surface area (Å²) in [6.07, 6.45) is 8.41. The van der Waals surface area contributed by atoms with Gasteiger partial charge in [-0.15, -0.1) is 0 Å². The van der Waals surface area contributed by atoms with Crippen LogP contribution in [0.5, 0.6) is 0 Å². The summed E-state index contributed by atoms with van der Waals surface area (Å²) in [4.78, 5) is 25.9. The third kappa shape index (κ3) is 10.4. The molecule has 1 saturated heterocycles. The van der Waals surface area contributed by atoms with Crippen LogP contribution in [0.4, 0.5) is 4.79 Å². The average Bonchev–Trinajstić information content (AvgIpc) is 2.71. The second-order valence-corrected chi connectivity index (χ2v) is 8.69. The molecule has 2 N–H and O–H groups in total. The molecule has 1 heterocycles. The second-order valence-electron chi connectivity index (χ2n) is 8.69. The molecule has 0 aliphatic carbocycles. The van der Waals surface area contributed by atoms with E-state index in [1.54, 1.807) is 11.8 Å². The molecular weight excluding hydrogens is 394 g/mol. The number of carbonyl (C=O) groups is 2. The van der Waals surface area contributed by atoms with Crippen molar-refractivity contribution in [1.82, 2.24) is 15.5 Å². The number of likely N-dealkylation sites (tertiary alicyclic amines) is 1. The molecule has 176 valence electrons. The third-order valence-electron chi connectivity index (χ3n) is 4.91. The largest absolute Gasteiger partial charge is 0.465 e. The van der Waals surface area contributed by atoms with E-state index in [-0.39, 0.29) is 24.6 Å². The number of nitrogens with one attached hydrogen (secondary N) is 2. The molecule has 0 radical (unpaired) electrons. The van der Waals surface area contributed by atoms with Gasteiger partial charge >= 0.3 is 12.1 Å². The van der Waals surface area contributed by atoms with E-state index in [2.05, 4.69) is 30.6 Å². The molecule has 7 heteroatoms. The van der Waals surface area contributed by atoms with Crippen LogP contribution in [0.3, 0.4) is 0 Å². The summed E-state index contributed by atoms with van der Waals surface area (Å²) < 4.78 is 10.5. The molecule has 0 aromatic heterocycles. The van der Waals surface area contributed by atoms with Crippen LogP contribution in [-0.4, -0.2) is 54.8 Å².